The van der Waals surface area contributed by atoms with E-state index in [1.54, 1.807) is 0 Å². The SMILES string of the molecule is CC(C)c1cc(C(C)C)c(CCCC(=O)O)c(C(C)C)c1. The van der Waals surface area contributed by atoms with Crippen molar-refractivity contribution in [2.45, 2.75) is 78.6 Å². The van der Waals surface area contributed by atoms with E-state index in [4.69, 9.17) is 5.11 Å². The summed E-state index contributed by atoms with van der Waals surface area (Å²) in [5.41, 5.74) is 5.57. The lowest BCUT2D eigenvalue weighted by Gasteiger charge is -2.23. The van der Waals surface area contributed by atoms with Gasteiger partial charge in [-0.15, -0.1) is 0 Å². The molecule has 1 rings (SSSR count). The largest absolute Gasteiger partial charge is 0.481 e. The lowest BCUT2D eigenvalue weighted by molar-refractivity contribution is -0.137. The Morgan fingerprint density at radius 2 is 1.43 bits per heavy atom. The Hall–Kier alpha value is -1.31. The molecule has 0 aliphatic heterocycles. The molecule has 2 heteroatoms. The number of carbonyl (C=O) groups is 1. The average Bonchev–Trinajstić information content (AvgIpc) is 2.37. The predicted molar refractivity (Wildman–Crippen MR) is 89.3 cm³/mol. The molecule has 0 unspecified atom stereocenters. The highest BCUT2D eigenvalue weighted by Crippen LogP contribution is 2.33. The van der Waals surface area contributed by atoms with Crippen LogP contribution < -0.4 is 0 Å². The highest BCUT2D eigenvalue weighted by atomic mass is 16.4. The molecule has 1 N–H and O–H groups in total. The number of hydrogen-bond donors (Lipinski definition) is 1. The Kier molecular flexibility index (Phi) is 6.44. The van der Waals surface area contributed by atoms with Gasteiger partial charge in [0.05, 0.1) is 0 Å². The van der Waals surface area contributed by atoms with Gasteiger partial charge in [0.25, 0.3) is 0 Å². The van der Waals surface area contributed by atoms with Gasteiger partial charge < -0.3 is 5.11 Å². The van der Waals surface area contributed by atoms with E-state index in [1.807, 2.05) is 0 Å². The summed E-state index contributed by atoms with van der Waals surface area (Å²) in [4.78, 5) is 10.8. The van der Waals surface area contributed by atoms with E-state index in [2.05, 4.69) is 53.7 Å². The van der Waals surface area contributed by atoms with Crippen molar-refractivity contribution in [2.24, 2.45) is 0 Å². The summed E-state index contributed by atoms with van der Waals surface area (Å²) in [7, 11) is 0. The molecule has 118 valence electrons. The van der Waals surface area contributed by atoms with Gasteiger partial charge in [0.2, 0.25) is 0 Å². The molecule has 0 fully saturated rings. The quantitative estimate of drug-likeness (QED) is 0.723. The minimum atomic E-state index is -0.703. The summed E-state index contributed by atoms with van der Waals surface area (Å²) < 4.78 is 0. The van der Waals surface area contributed by atoms with Crippen LogP contribution in [0.25, 0.3) is 0 Å². The summed E-state index contributed by atoms with van der Waals surface area (Å²) in [6.07, 6.45) is 1.84. The van der Waals surface area contributed by atoms with E-state index in [1.165, 1.54) is 22.3 Å². The predicted octanol–water partition coefficient (Wildman–Crippen LogP) is 5.46. The first-order valence-electron chi connectivity index (χ1n) is 8.12. The van der Waals surface area contributed by atoms with Crippen LogP contribution in [-0.2, 0) is 11.2 Å². The van der Waals surface area contributed by atoms with E-state index >= 15 is 0 Å². The summed E-state index contributed by atoms with van der Waals surface area (Å²) in [5.74, 6) is 0.765. The Morgan fingerprint density at radius 1 is 0.952 bits per heavy atom. The van der Waals surface area contributed by atoms with Gasteiger partial charge in [0.1, 0.15) is 0 Å². The summed E-state index contributed by atoms with van der Waals surface area (Å²) in [6, 6.07) is 4.66. The summed E-state index contributed by atoms with van der Waals surface area (Å²) in [5, 5.41) is 8.87. The molecule has 0 aliphatic carbocycles. The Morgan fingerprint density at radius 3 is 1.76 bits per heavy atom. The van der Waals surface area contributed by atoms with Crippen LogP contribution in [0, 0.1) is 0 Å². The van der Waals surface area contributed by atoms with Gasteiger partial charge in [0.15, 0.2) is 0 Å². The lowest BCUT2D eigenvalue weighted by Crippen LogP contribution is -2.07. The second-order valence-electron chi connectivity index (χ2n) is 6.89. The van der Waals surface area contributed by atoms with Crippen molar-refractivity contribution >= 4 is 5.97 Å². The third-order valence-corrected chi connectivity index (χ3v) is 4.07. The number of carboxylic acids is 1. The van der Waals surface area contributed by atoms with E-state index in [-0.39, 0.29) is 6.42 Å². The van der Waals surface area contributed by atoms with Crippen molar-refractivity contribution in [3.8, 4) is 0 Å². The molecule has 0 heterocycles. The van der Waals surface area contributed by atoms with Crippen molar-refractivity contribution in [3.63, 3.8) is 0 Å². The van der Waals surface area contributed by atoms with Crippen LogP contribution >= 0.6 is 0 Å². The molecule has 0 amide bonds. The van der Waals surface area contributed by atoms with Crippen LogP contribution in [0.3, 0.4) is 0 Å². The van der Waals surface area contributed by atoms with Crippen LogP contribution in [0.15, 0.2) is 12.1 Å². The molecular formula is C19H30O2. The molecule has 0 saturated heterocycles. The average molecular weight is 290 g/mol. The maximum atomic E-state index is 10.8. The minimum absolute atomic E-state index is 0.251. The van der Waals surface area contributed by atoms with Crippen molar-refractivity contribution in [3.05, 3.63) is 34.4 Å². The molecule has 0 aromatic heterocycles. The number of aliphatic carboxylic acids is 1. The number of benzene rings is 1. The second-order valence-corrected chi connectivity index (χ2v) is 6.89. The van der Waals surface area contributed by atoms with Crippen LogP contribution in [-0.4, -0.2) is 11.1 Å². The monoisotopic (exact) mass is 290 g/mol. The number of rotatable bonds is 7. The van der Waals surface area contributed by atoms with Crippen LogP contribution in [0.4, 0.5) is 0 Å². The van der Waals surface area contributed by atoms with Gasteiger partial charge in [-0.05, 0) is 52.8 Å². The Balaban J connectivity index is 3.25. The van der Waals surface area contributed by atoms with E-state index in [0.717, 1.165) is 12.8 Å². The summed E-state index contributed by atoms with van der Waals surface area (Å²) in [6.45, 7) is 13.4. The van der Waals surface area contributed by atoms with Gasteiger partial charge >= 0.3 is 5.97 Å². The van der Waals surface area contributed by atoms with Crippen LogP contribution in [0.1, 0.15) is 94.4 Å². The lowest BCUT2D eigenvalue weighted by atomic mass is 9.83. The van der Waals surface area contributed by atoms with Crippen LogP contribution in [0.5, 0.6) is 0 Å². The molecule has 2 nitrogen and oxygen atoms in total. The Bertz CT molecular complexity index is 455. The van der Waals surface area contributed by atoms with E-state index in [0.29, 0.717) is 17.8 Å². The zero-order chi connectivity index (χ0) is 16.2. The molecule has 0 spiro atoms. The highest BCUT2D eigenvalue weighted by Gasteiger charge is 2.17. The van der Waals surface area contributed by atoms with Gasteiger partial charge in [-0.1, -0.05) is 53.7 Å². The third-order valence-electron chi connectivity index (χ3n) is 4.07. The molecule has 1 aromatic rings. The van der Waals surface area contributed by atoms with Crippen LogP contribution in [0.2, 0.25) is 0 Å². The summed E-state index contributed by atoms with van der Waals surface area (Å²) >= 11 is 0. The van der Waals surface area contributed by atoms with Crippen molar-refractivity contribution < 1.29 is 9.90 Å². The smallest absolute Gasteiger partial charge is 0.303 e. The third kappa shape index (κ3) is 4.87. The maximum Gasteiger partial charge on any atom is 0.303 e. The fourth-order valence-corrected chi connectivity index (χ4v) is 2.81. The second kappa shape index (κ2) is 7.63. The van der Waals surface area contributed by atoms with Gasteiger partial charge in [-0.25, -0.2) is 0 Å². The Labute approximate surface area is 129 Å². The number of carboxylic acid groups (broad SMARTS) is 1. The van der Waals surface area contributed by atoms with E-state index < -0.39 is 5.97 Å². The first-order chi connectivity index (χ1) is 9.73. The van der Waals surface area contributed by atoms with Gasteiger partial charge in [-0.3, -0.25) is 4.79 Å². The topological polar surface area (TPSA) is 37.3 Å². The molecule has 21 heavy (non-hydrogen) atoms. The molecule has 0 atom stereocenters. The zero-order valence-corrected chi connectivity index (χ0v) is 14.4. The van der Waals surface area contributed by atoms with E-state index in [9.17, 15) is 4.79 Å². The maximum absolute atomic E-state index is 10.8. The highest BCUT2D eigenvalue weighted by molar-refractivity contribution is 5.66. The molecule has 0 saturated carbocycles. The zero-order valence-electron chi connectivity index (χ0n) is 14.4. The fourth-order valence-electron chi connectivity index (χ4n) is 2.81. The van der Waals surface area contributed by atoms with Gasteiger partial charge in [-0.2, -0.15) is 0 Å². The van der Waals surface area contributed by atoms with Gasteiger partial charge in [0, 0.05) is 6.42 Å². The van der Waals surface area contributed by atoms with Crippen molar-refractivity contribution in [1.29, 1.82) is 0 Å². The normalized spacial score (nSPS) is 11.7. The first kappa shape index (κ1) is 17.7. The number of hydrogen-bond acceptors (Lipinski definition) is 1. The van der Waals surface area contributed by atoms with Crippen molar-refractivity contribution in [2.75, 3.05) is 0 Å². The molecule has 0 bridgehead atoms. The fraction of sp³-hybridized carbons (Fsp3) is 0.632. The molecule has 0 aliphatic rings. The molecule has 1 aromatic carbocycles. The molecule has 0 radical (unpaired) electrons. The first-order valence-corrected chi connectivity index (χ1v) is 8.12. The van der Waals surface area contributed by atoms with Crippen molar-refractivity contribution in [1.82, 2.24) is 0 Å². The minimum Gasteiger partial charge on any atom is -0.481 e. The molecular weight excluding hydrogens is 260 g/mol. The standard InChI is InChI=1S/C19H30O2/c1-12(2)15-10-17(13(3)4)16(8-7-9-19(20)21)18(11-15)14(5)6/h10-14H,7-9H2,1-6H3,(H,20,21).